The molecule has 0 fully saturated rings. The van der Waals surface area contributed by atoms with Gasteiger partial charge in [0.2, 0.25) is 0 Å². The number of carbonyl (C=O) groups is 2. The van der Waals surface area contributed by atoms with Crippen LogP contribution in [0.5, 0.6) is 0 Å². The Morgan fingerprint density at radius 2 is 2.22 bits per heavy atom. The van der Waals surface area contributed by atoms with Crippen molar-refractivity contribution in [3.05, 3.63) is 28.0 Å². The number of rotatable bonds is 4. The van der Waals surface area contributed by atoms with E-state index in [4.69, 9.17) is 4.74 Å². The van der Waals surface area contributed by atoms with Gasteiger partial charge in [-0.3, -0.25) is 4.79 Å². The smallest absolute Gasteiger partial charge is 0.407 e. The van der Waals surface area contributed by atoms with Crippen LogP contribution in [0, 0.1) is 0 Å². The fraction of sp³-hybridized carbons (Fsp3) is 0.385. The molecule has 0 radical (unpaired) electrons. The first kappa shape index (κ1) is 14.4. The Bertz CT molecular complexity index is 443. The molecule has 1 N–H and O–H groups in total. The molecule has 0 aromatic carbocycles. The van der Waals surface area contributed by atoms with E-state index >= 15 is 0 Å². The van der Waals surface area contributed by atoms with E-state index < -0.39 is 11.7 Å². The van der Waals surface area contributed by atoms with Crippen molar-refractivity contribution in [2.75, 3.05) is 6.54 Å². The van der Waals surface area contributed by atoms with E-state index in [2.05, 4.69) is 5.32 Å². The van der Waals surface area contributed by atoms with Gasteiger partial charge in [0, 0.05) is 6.54 Å². The van der Waals surface area contributed by atoms with Gasteiger partial charge in [-0.05, 0) is 37.8 Å². The summed E-state index contributed by atoms with van der Waals surface area (Å²) in [6.45, 7) is 5.83. The Morgan fingerprint density at radius 1 is 1.50 bits per heavy atom. The molecule has 5 heteroatoms. The van der Waals surface area contributed by atoms with Crippen LogP contribution in [-0.2, 0) is 4.74 Å². The molecule has 1 amide bonds. The number of hydrogen-bond acceptors (Lipinski definition) is 4. The molecule has 4 nitrogen and oxygen atoms in total. The van der Waals surface area contributed by atoms with Crippen molar-refractivity contribution in [3.8, 4) is 0 Å². The number of nitrogens with one attached hydrogen (secondary N) is 1. The fourth-order valence-corrected chi connectivity index (χ4v) is 1.85. The van der Waals surface area contributed by atoms with Crippen molar-refractivity contribution in [2.24, 2.45) is 0 Å². The lowest BCUT2D eigenvalue weighted by atomic mass is 10.2. The van der Waals surface area contributed by atoms with Crippen LogP contribution in [-0.4, -0.2) is 24.5 Å². The van der Waals surface area contributed by atoms with E-state index in [1.165, 1.54) is 11.3 Å². The second-order valence-electron chi connectivity index (χ2n) is 4.69. The Morgan fingerprint density at radius 3 is 2.78 bits per heavy atom. The summed E-state index contributed by atoms with van der Waals surface area (Å²) >= 11 is 1.39. The minimum absolute atomic E-state index is 0.390. The van der Waals surface area contributed by atoms with E-state index in [-0.39, 0.29) is 0 Å². The second-order valence-corrected chi connectivity index (χ2v) is 5.63. The van der Waals surface area contributed by atoms with Gasteiger partial charge in [-0.15, -0.1) is 11.3 Å². The van der Waals surface area contributed by atoms with E-state index in [0.717, 1.165) is 11.8 Å². The van der Waals surface area contributed by atoms with Gasteiger partial charge >= 0.3 is 6.09 Å². The Kier molecular flexibility index (Phi) is 5.09. The third kappa shape index (κ3) is 5.63. The van der Waals surface area contributed by atoms with Crippen molar-refractivity contribution in [1.82, 2.24) is 5.32 Å². The zero-order chi connectivity index (χ0) is 13.6. The van der Waals surface area contributed by atoms with Gasteiger partial charge in [0.05, 0.1) is 4.88 Å². The predicted octanol–water partition coefficient (Wildman–Crippen LogP) is 3.10. The van der Waals surface area contributed by atoms with Crippen LogP contribution in [0.25, 0.3) is 6.08 Å². The molecule has 1 rings (SSSR count). The van der Waals surface area contributed by atoms with Gasteiger partial charge in [-0.25, -0.2) is 4.79 Å². The van der Waals surface area contributed by atoms with Gasteiger partial charge < -0.3 is 10.1 Å². The SMILES string of the molecule is CC(C)(C)OC(=O)NCC=Cc1csc(C=O)c1. The lowest BCUT2D eigenvalue weighted by Gasteiger charge is -2.19. The molecular weight excluding hydrogens is 250 g/mol. The molecule has 0 unspecified atom stereocenters. The number of aldehydes is 1. The molecule has 1 aromatic heterocycles. The first-order valence-corrected chi connectivity index (χ1v) is 6.46. The third-order valence-corrected chi connectivity index (χ3v) is 2.71. The zero-order valence-corrected chi connectivity index (χ0v) is 11.5. The highest BCUT2D eigenvalue weighted by Crippen LogP contribution is 2.13. The molecule has 0 aliphatic heterocycles. The maximum Gasteiger partial charge on any atom is 0.407 e. The highest BCUT2D eigenvalue weighted by Gasteiger charge is 2.14. The molecule has 0 saturated carbocycles. The number of ether oxygens (including phenoxy) is 1. The maximum absolute atomic E-state index is 11.3. The first-order valence-electron chi connectivity index (χ1n) is 5.58. The molecule has 1 heterocycles. The third-order valence-electron chi connectivity index (χ3n) is 1.83. The van der Waals surface area contributed by atoms with Crippen LogP contribution in [0.4, 0.5) is 4.79 Å². The van der Waals surface area contributed by atoms with Crippen molar-refractivity contribution < 1.29 is 14.3 Å². The summed E-state index contributed by atoms with van der Waals surface area (Å²) in [7, 11) is 0. The molecule has 0 aliphatic carbocycles. The maximum atomic E-state index is 11.3. The second kappa shape index (κ2) is 6.35. The molecular formula is C13H17NO3S. The fourth-order valence-electron chi connectivity index (χ4n) is 1.17. The molecule has 0 aliphatic rings. The summed E-state index contributed by atoms with van der Waals surface area (Å²) in [6, 6.07) is 1.79. The molecule has 1 aromatic rings. The standard InChI is InChI=1S/C13H17NO3S/c1-13(2,3)17-12(16)14-6-4-5-10-7-11(8-15)18-9-10/h4-5,7-9H,6H2,1-3H3,(H,14,16). The summed E-state index contributed by atoms with van der Waals surface area (Å²) in [4.78, 5) is 22.5. The molecule has 18 heavy (non-hydrogen) atoms. The van der Waals surface area contributed by atoms with Gasteiger partial charge in [0.1, 0.15) is 5.60 Å². The zero-order valence-electron chi connectivity index (χ0n) is 10.7. The average molecular weight is 267 g/mol. The monoisotopic (exact) mass is 267 g/mol. The van der Waals surface area contributed by atoms with Gasteiger partial charge in [0.25, 0.3) is 0 Å². The Labute approximate surface area is 111 Å². The van der Waals surface area contributed by atoms with E-state index in [9.17, 15) is 9.59 Å². The first-order chi connectivity index (χ1) is 8.40. The Balaban J connectivity index is 2.33. The summed E-state index contributed by atoms with van der Waals surface area (Å²) in [5, 5.41) is 4.50. The van der Waals surface area contributed by atoms with E-state index in [1.54, 1.807) is 12.1 Å². The van der Waals surface area contributed by atoms with Crippen LogP contribution in [0.3, 0.4) is 0 Å². The van der Waals surface area contributed by atoms with E-state index in [1.807, 2.05) is 32.2 Å². The minimum Gasteiger partial charge on any atom is -0.444 e. The van der Waals surface area contributed by atoms with Crippen LogP contribution in [0.2, 0.25) is 0 Å². The van der Waals surface area contributed by atoms with Crippen molar-refractivity contribution in [2.45, 2.75) is 26.4 Å². The van der Waals surface area contributed by atoms with Crippen molar-refractivity contribution >= 4 is 29.8 Å². The summed E-state index contributed by atoms with van der Waals surface area (Å²) < 4.78 is 5.08. The number of thiophene rings is 1. The molecule has 98 valence electrons. The normalized spacial score (nSPS) is 11.5. The molecule has 0 saturated heterocycles. The number of alkyl carbamates (subject to hydrolysis) is 1. The summed E-state index contributed by atoms with van der Waals surface area (Å²) in [5.41, 5.74) is 0.466. The van der Waals surface area contributed by atoms with Crippen LogP contribution < -0.4 is 5.32 Å². The largest absolute Gasteiger partial charge is 0.444 e. The molecule has 0 atom stereocenters. The quantitative estimate of drug-likeness (QED) is 0.853. The van der Waals surface area contributed by atoms with E-state index in [0.29, 0.717) is 11.4 Å². The van der Waals surface area contributed by atoms with Gasteiger partial charge in [-0.2, -0.15) is 0 Å². The highest BCUT2D eigenvalue weighted by atomic mass is 32.1. The lowest BCUT2D eigenvalue weighted by molar-refractivity contribution is 0.0534. The highest BCUT2D eigenvalue weighted by molar-refractivity contribution is 7.11. The summed E-state index contributed by atoms with van der Waals surface area (Å²) in [6.07, 6.45) is 4.04. The summed E-state index contributed by atoms with van der Waals surface area (Å²) in [5.74, 6) is 0. The predicted molar refractivity (Wildman–Crippen MR) is 73.0 cm³/mol. The lowest BCUT2D eigenvalue weighted by Crippen LogP contribution is -2.32. The molecule has 0 spiro atoms. The van der Waals surface area contributed by atoms with Gasteiger partial charge in [-0.1, -0.05) is 12.2 Å². The van der Waals surface area contributed by atoms with Crippen molar-refractivity contribution in [3.63, 3.8) is 0 Å². The van der Waals surface area contributed by atoms with Crippen molar-refractivity contribution in [1.29, 1.82) is 0 Å². The average Bonchev–Trinajstić information content (AvgIpc) is 2.70. The molecule has 0 bridgehead atoms. The van der Waals surface area contributed by atoms with Crippen LogP contribution in [0.15, 0.2) is 17.5 Å². The topological polar surface area (TPSA) is 55.4 Å². The van der Waals surface area contributed by atoms with Gasteiger partial charge in [0.15, 0.2) is 6.29 Å². The number of carbonyl (C=O) groups excluding carboxylic acids is 2. The van der Waals surface area contributed by atoms with Crippen LogP contribution >= 0.6 is 11.3 Å². The minimum atomic E-state index is -0.486. The number of amides is 1. The van der Waals surface area contributed by atoms with Crippen LogP contribution in [0.1, 0.15) is 36.0 Å². The Hall–Kier alpha value is -1.62. The number of hydrogen-bond donors (Lipinski definition) is 1.